The van der Waals surface area contributed by atoms with E-state index in [0.29, 0.717) is 25.6 Å². The van der Waals surface area contributed by atoms with Crippen LogP contribution in [0.3, 0.4) is 0 Å². The molecule has 0 spiro atoms. The molecule has 1 aliphatic carbocycles. The third kappa shape index (κ3) is 6.40. The molecule has 31 heavy (non-hydrogen) atoms. The van der Waals surface area contributed by atoms with Crippen LogP contribution in [0.1, 0.15) is 42.9 Å². The summed E-state index contributed by atoms with van der Waals surface area (Å²) in [5.74, 6) is -2.04. The number of aliphatic carboxylic acids is 1. The highest BCUT2D eigenvalue weighted by Crippen LogP contribution is 2.33. The van der Waals surface area contributed by atoms with Gasteiger partial charge in [-0.05, 0) is 18.8 Å². The molecule has 2 aliphatic rings. The van der Waals surface area contributed by atoms with Crippen molar-refractivity contribution in [3.63, 3.8) is 0 Å². The number of nitrogens with zero attached hydrogens (tertiary/aromatic N) is 4. The highest BCUT2D eigenvalue weighted by Gasteiger charge is 2.38. The van der Waals surface area contributed by atoms with E-state index in [0.717, 1.165) is 17.8 Å². The second-order valence-corrected chi connectivity index (χ2v) is 10.1. The highest BCUT2D eigenvalue weighted by molar-refractivity contribution is 7.86. The summed E-state index contributed by atoms with van der Waals surface area (Å²) in [6.07, 6.45) is 1.91. The van der Waals surface area contributed by atoms with Gasteiger partial charge in [0.2, 0.25) is 0 Å². The predicted octanol–water partition coefficient (Wildman–Crippen LogP) is 2.06. The van der Waals surface area contributed by atoms with E-state index < -0.39 is 22.4 Å². The van der Waals surface area contributed by atoms with Crippen LogP contribution in [-0.2, 0) is 32.8 Å². The Hall–Kier alpha value is -1.70. The van der Waals surface area contributed by atoms with Gasteiger partial charge < -0.3 is 9.84 Å². The quantitative estimate of drug-likeness (QED) is 0.683. The van der Waals surface area contributed by atoms with Gasteiger partial charge in [0.1, 0.15) is 0 Å². The Balaban J connectivity index is 0.000000423. The molecule has 0 radical (unpaired) electrons. The highest BCUT2D eigenvalue weighted by atomic mass is 32.2. The Kier molecular flexibility index (Phi) is 8.47. The molecule has 0 aromatic carbocycles. The second kappa shape index (κ2) is 10.3. The van der Waals surface area contributed by atoms with Crippen LogP contribution in [0.15, 0.2) is 6.20 Å². The van der Waals surface area contributed by atoms with Gasteiger partial charge in [-0.2, -0.15) is 35.3 Å². The van der Waals surface area contributed by atoms with E-state index in [1.54, 1.807) is 21.2 Å². The molecule has 3 rings (SSSR count). The van der Waals surface area contributed by atoms with Crippen molar-refractivity contribution in [3.8, 4) is 0 Å². The first kappa shape index (κ1) is 25.6. The van der Waals surface area contributed by atoms with Crippen molar-refractivity contribution >= 4 is 16.2 Å². The molecular formula is C18H29F3N4O5S. The van der Waals surface area contributed by atoms with E-state index in [-0.39, 0.29) is 5.92 Å². The number of hydrogen-bond donors (Lipinski definition) is 1. The molecule has 1 fully saturated rings. The summed E-state index contributed by atoms with van der Waals surface area (Å²) in [4.78, 5) is 8.90. The molecule has 178 valence electrons. The van der Waals surface area contributed by atoms with Crippen LogP contribution in [0.4, 0.5) is 13.2 Å². The van der Waals surface area contributed by atoms with Crippen LogP contribution in [0.5, 0.6) is 0 Å². The zero-order valence-corrected chi connectivity index (χ0v) is 18.6. The van der Waals surface area contributed by atoms with E-state index in [2.05, 4.69) is 9.78 Å². The number of carbonyl (C=O) groups is 1. The van der Waals surface area contributed by atoms with Crippen LogP contribution in [-0.4, -0.2) is 78.4 Å². The lowest BCUT2D eigenvalue weighted by molar-refractivity contribution is -0.192. The first-order valence-corrected chi connectivity index (χ1v) is 11.3. The molecule has 0 amide bonds. The maximum absolute atomic E-state index is 12.5. The van der Waals surface area contributed by atoms with E-state index in [4.69, 9.17) is 14.6 Å². The average molecular weight is 471 g/mol. The van der Waals surface area contributed by atoms with E-state index >= 15 is 0 Å². The summed E-state index contributed by atoms with van der Waals surface area (Å²) >= 11 is 0. The summed E-state index contributed by atoms with van der Waals surface area (Å²) in [6, 6.07) is 0. The topological polar surface area (TPSA) is 105 Å². The summed E-state index contributed by atoms with van der Waals surface area (Å²) in [5, 5.41) is 11.7. The van der Waals surface area contributed by atoms with Crippen molar-refractivity contribution in [2.45, 2.75) is 50.9 Å². The lowest BCUT2D eigenvalue weighted by Crippen LogP contribution is -2.45. The molecule has 0 bridgehead atoms. The Labute approximate surface area is 179 Å². The third-order valence-electron chi connectivity index (χ3n) is 5.42. The van der Waals surface area contributed by atoms with Crippen molar-refractivity contribution in [2.24, 2.45) is 5.92 Å². The number of alkyl halides is 3. The smallest absolute Gasteiger partial charge is 0.475 e. The summed E-state index contributed by atoms with van der Waals surface area (Å²) in [7, 11) is 1.37. The van der Waals surface area contributed by atoms with Crippen molar-refractivity contribution in [3.05, 3.63) is 17.5 Å². The zero-order chi connectivity index (χ0) is 23.4. The van der Waals surface area contributed by atoms with Crippen LogP contribution >= 0.6 is 0 Å². The Bertz CT molecular complexity index is 851. The van der Waals surface area contributed by atoms with Crippen LogP contribution in [0, 0.1) is 5.92 Å². The molecular weight excluding hydrogens is 441 g/mol. The summed E-state index contributed by atoms with van der Waals surface area (Å²) in [6.45, 7) is 2.28. The predicted molar refractivity (Wildman–Crippen MR) is 106 cm³/mol. The van der Waals surface area contributed by atoms with Gasteiger partial charge in [0.15, 0.2) is 0 Å². The number of halogens is 3. The number of hydrogen-bond acceptors (Lipinski definition) is 5. The third-order valence-corrected chi connectivity index (χ3v) is 7.28. The largest absolute Gasteiger partial charge is 0.490 e. The molecule has 0 saturated heterocycles. The van der Waals surface area contributed by atoms with E-state index in [9.17, 15) is 21.6 Å². The minimum atomic E-state index is -5.08. The standard InChI is InChI=1S/C16H28N4O3S.C2HF3O2/c1-18(2)24(21,22)19-10-14-8-17-20(9-13-6-4-5-7-13)16(14)15(11-19)12-23-3;3-2(4,5)1(6)7/h8,13,15H,4-7,9-12H2,1-3H3;(H,6,7). The maximum Gasteiger partial charge on any atom is 0.490 e. The second-order valence-electron chi connectivity index (χ2n) is 7.93. The van der Waals surface area contributed by atoms with Crippen LogP contribution < -0.4 is 0 Å². The number of ether oxygens (including phenoxy) is 1. The molecule has 1 unspecified atom stereocenters. The van der Waals surface area contributed by atoms with Crippen LogP contribution in [0.2, 0.25) is 0 Å². The lowest BCUT2D eigenvalue weighted by Gasteiger charge is -2.34. The van der Waals surface area contributed by atoms with Gasteiger partial charge in [-0.15, -0.1) is 0 Å². The lowest BCUT2D eigenvalue weighted by atomic mass is 9.98. The SMILES string of the molecule is COCC1CN(S(=O)(=O)N(C)C)Cc2cnn(CC3CCCC3)c21.O=C(O)C(F)(F)F. The molecule has 1 N–H and O–H groups in total. The first-order chi connectivity index (χ1) is 14.4. The normalized spacial score (nSPS) is 20.4. The molecule has 1 aliphatic heterocycles. The minimum Gasteiger partial charge on any atom is -0.475 e. The van der Waals surface area contributed by atoms with Gasteiger partial charge in [0.05, 0.1) is 12.8 Å². The summed E-state index contributed by atoms with van der Waals surface area (Å²) in [5.41, 5.74) is 2.17. The monoisotopic (exact) mass is 470 g/mol. The van der Waals surface area contributed by atoms with Crippen molar-refractivity contribution in [2.75, 3.05) is 34.4 Å². The van der Waals surface area contributed by atoms with Gasteiger partial charge in [0.25, 0.3) is 10.2 Å². The van der Waals surface area contributed by atoms with Gasteiger partial charge in [0, 0.05) is 58.0 Å². The molecule has 9 nitrogen and oxygen atoms in total. The number of rotatable bonds is 6. The van der Waals surface area contributed by atoms with Crippen molar-refractivity contribution < 1.29 is 36.2 Å². The molecule has 1 aromatic heterocycles. The number of carboxylic acid groups (broad SMARTS) is 1. The molecule has 1 saturated carbocycles. The van der Waals surface area contributed by atoms with E-state index in [1.807, 2.05) is 6.20 Å². The fraction of sp³-hybridized carbons (Fsp3) is 0.778. The molecule has 1 atom stereocenters. The Morgan fingerprint density at radius 2 is 1.90 bits per heavy atom. The number of fused-ring (bicyclic) bond motifs is 1. The number of methoxy groups -OCH3 is 1. The summed E-state index contributed by atoms with van der Waals surface area (Å²) < 4.78 is 67.0. The Morgan fingerprint density at radius 3 is 2.39 bits per heavy atom. The van der Waals surface area contributed by atoms with Crippen molar-refractivity contribution in [1.29, 1.82) is 0 Å². The van der Waals surface area contributed by atoms with Gasteiger partial charge in [-0.1, -0.05) is 12.8 Å². The molecule has 2 heterocycles. The number of carboxylic acids is 1. The van der Waals surface area contributed by atoms with Gasteiger partial charge in [-0.3, -0.25) is 4.68 Å². The maximum atomic E-state index is 12.5. The minimum absolute atomic E-state index is 0.0254. The number of aromatic nitrogens is 2. The molecule has 1 aromatic rings. The molecule has 13 heteroatoms. The fourth-order valence-corrected chi connectivity index (χ4v) is 5.07. The fourth-order valence-electron chi connectivity index (χ4n) is 3.94. The average Bonchev–Trinajstić information content (AvgIpc) is 3.32. The van der Waals surface area contributed by atoms with E-state index in [1.165, 1.54) is 34.3 Å². The zero-order valence-electron chi connectivity index (χ0n) is 17.8. The Morgan fingerprint density at radius 1 is 1.32 bits per heavy atom. The van der Waals surface area contributed by atoms with Gasteiger partial charge >= 0.3 is 12.1 Å². The van der Waals surface area contributed by atoms with Crippen molar-refractivity contribution in [1.82, 2.24) is 18.4 Å². The van der Waals surface area contributed by atoms with Gasteiger partial charge in [-0.25, -0.2) is 4.79 Å². The van der Waals surface area contributed by atoms with Crippen LogP contribution in [0.25, 0.3) is 0 Å². The first-order valence-electron chi connectivity index (χ1n) is 9.89.